The highest BCUT2D eigenvalue weighted by Gasteiger charge is 2.36. The van der Waals surface area contributed by atoms with Crippen LogP contribution >= 0.6 is 0 Å². The fourth-order valence-electron chi connectivity index (χ4n) is 4.78. The van der Waals surface area contributed by atoms with Crippen molar-refractivity contribution in [3.05, 3.63) is 75.9 Å². The molecule has 0 aliphatic heterocycles. The Balaban J connectivity index is 1.57. The molecule has 2 atom stereocenters. The first kappa shape index (κ1) is 18.0. The molecule has 0 heterocycles. The van der Waals surface area contributed by atoms with Gasteiger partial charge in [0, 0.05) is 0 Å². The van der Waals surface area contributed by atoms with Crippen LogP contribution in [-0.2, 0) is 11.2 Å². The van der Waals surface area contributed by atoms with Gasteiger partial charge in [-0.15, -0.1) is 0 Å². The van der Waals surface area contributed by atoms with Gasteiger partial charge in [0.25, 0.3) is 0 Å². The van der Waals surface area contributed by atoms with Gasteiger partial charge in [-0.25, -0.2) is 4.79 Å². The number of hydrogen-bond donors (Lipinski definition) is 0. The first-order chi connectivity index (χ1) is 13.1. The van der Waals surface area contributed by atoms with Gasteiger partial charge in [0.15, 0.2) is 0 Å². The van der Waals surface area contributed by atoms with Crippen molar-refractivity contribution < 1.29 is 9.53 Å². The molecule has 0 aromatic heterocycles. The summed E-state index contributed by atoms with van der Waals surface area (Å²) in [7, 11) is 0. The summed E-state index contributed by atoms with van der Waals surface area (Å²) in [6.07, 6.45) is 4.98. The minimum Gasteiger partial charge on any atom is -0.462 e. The van der Waals surface area contributed by atoms with E-state index < -0.39 is 0 Å². The number of rotatable bonds is 5. The number of allylic oxidation sites excluding steroid dienone is 2. The summed E-state index contributed by atoms with van der Waals surface area (Å²) in [5.74, 6) is 1.34. The van der Waals surface area contributed by atoms with E-state index in [0.29, 0.717) is 12.2 Å². The van der Waals surface area contributed by atoms with Crippen LogP contribution in [0, 0.1) is 0 Å². The predicted octanol–water partition coefficient (Wildman–Crippen LogP) is 6.26. The van der Waals surface area contributed by atoms with Gasteiger partial charge in [-0.05, 0) is 98.2 Å². The standard InChI is InChI=1S/C25H28O2/c1-4-27-25(26)18-7-5-17(6-8-18)13-23(16(2)3)21-11-12-22-19-9-10-20(14-19)24(22)15-21/h5-8,11-12,15,19-20H,4,9-10,13-14H2,1-3H3. The lowest BCUT2D eigenvalue weighted by Crippen LogP contribution is -2.04. The Morgan fingerprint density at radius 1 is 0.963 bits per heavy atom. The minimum atomic E-state index is -0.250. The summed E-state index contributed by atoms with van der Waals surface area (Å²) in [4.78, 5) is 11.8. The fraction of sp³-hybridized carbons (Fsp3) is 0.400. The SMILES string of the molecule is CCOC(=O)c1ccc(CC(=C(C)C)c2ccc3c(c2)C2CCC3C2)cc1. The molecule has 0 radical (unpaired) electrons. The van der Waals surface area contributed by atoms with Crippen LogP contribution in [0.2, 0.25) is 0 Å². The van der Waals surface area contributed by atoms with Crippen LogP contribution < -0.4 is 0 Å². The summed E-state index contributed by atoms with van der Waals surface area (Å²) in [5, 5.41) is 0. The second-order valence-corrected chi connectivity index (χ2v) is 8.12. The maximum atomic E-state index is 11.8. The Bertz CT molecular complexity index is 885. The predicted molar refractivity (Wildman–Crippen MR) is 110 cm³/mol. The van der Waals surface area contributed by atoms with E-state index in [0.717, 1.165) is 18.3 Å². The molecule has 2 unspecified atom stereocenters. The van der Waals surface area contributed by atoms with E-state index in [2.05, 4.69) is 32.0 Å². The number of fused-ring (bicyclic) bond motifs is 5. The number of ether oxygens (including phenoxy) is 1. The van der Waals surface area contributed by atoms with Crippen molar-refractivity contribution >= 4 is 11.5 Å². The van der Waals surface area contributed by atoms with E-state index in [1.807, 2.05) is 31.2 Å². The molecule has 27 heavy (non-hydrogen) atoms. The van der Waals surface area contributed by atoms with Crippen LogP contribution in [0.1, 0.15) is 84.5 Å². The third-order valence-corrected chi connectivity index (χ3v) is 6.20. The van der Waals surface area contributed by atoms with Gasteiger partial charge < -0.3 is 4.74 Å². The van der Waals surface area contributed by atoms with Crippen molar-refractivity contribution in [2.75, 3.05) is 6.61 Å². The van der Waals surface area contributed by atoms with Gasteiger partial charge in [-0.1, -0.05) is 35.9 Å². The molecule has 1 fully saturated rings. The average Bonchev–Trinajstić information content (AvgIpc) is 3.28. The molecule has 2 aromatic rings. The lowest BCUT2D eigenvalue weighted by atomic mass is 9.87. The zero-order valence-electron chi connectivity index (χ0n) is 16.5. The fourth-order valence-corrected chi connectivity index (χ4v) is 4.78. The molecule has 2 aromatic carbocycles. The largest absolute Gasteiger partial charge is 0.462 e. The molecule has 0 spiro atoms. The summed E-state index contributed by atoms with van der Waals surface area (Å²) < 4.78 is 5.07. The summed E-state index contributed by atoms with van der Waals surface area (Å²) in [5.41, 5.74) is 9.14. The Hall–Kier alpha value is -2.35. The van der Waals surface area contributed by atoms with Crippen LogP contribution in [0.25, 0.3) is 5.57 Å². The van der Waals surface area contributed by atoms with Gasteiger partial charge in [-0.3, -0.25) is 0 Å². The topological polar surface area (TPSA) is 26.3 Å². The molecule has 2 nitrogen and oxygen atoms in total. The summed E-state index contributed by atoms with van der Waals surface area (Å²) in [6.45, 7) is 6.63. The normalized spacial score (nSPS) is 19.7. The monoisotopic (exact) mass is 360 g/mol. The second kappa shape index (κ2) is 7.34. The second-order valence-electron chi connectivity index (χ2n) is 8.12. The van der Waals surface area contributed by atoms with Gasteiger partial charge in [0.1, 0.15) is 0 Å². The highest BCUT2D eigenvalue weighted by Crippen LogP contribution is 2.53. The van der Waals surface area contributed by atoms with Crippen molar-refractivity contribution in [3.8, 4) is 0 Å². The number of carbonyl (C=O) groups is 1. The van der Waals surface area contributed by atoms with Crippen molar-refractivity contribution in [3.63, 3.8) is 0 Å². The number of hydrogen-bond acceptors (Lipinski definition) is 2. The van der Waals surface area contributed by atoms with Crippen LogP contribution in [0.15, 0.2) is 48.0 Å². The first-order valence-corrected chi connectivity index (χ1v) is 10.1. The summed E-state index contributed by atoms with van der Waals surface area (Å²) in [6, 6.07) is 15.0. The van der Waals surface area contributed by atoms with E-state index in [9.17, 15) is 4.79 Å². The Labute approximate surface area is 162 Å². The zero-order chi connectivity index (χ0) is 19.0. The molecule has 2 aliphatic rings. The molecule has 2 aliphatic carbocycles. The molecule has 1 saturated carbocycles. The molecule has 2 heteroatoms. The van der Waals surface area contributed by atoms with Crippen molar-refractivity contribution in [1.29, 1.82) is 0 Å². The molecule has 4 rings (SSSR count). The molecule has 140 valence electrons. The average molecular weight is 360 g/mol. The maximum Gasteiger partial charge on any atom is 0.338 e. The van der Waals surface area contributed by atoms with Crippen LogP contribution in [-0.4, -0.2) is 12.6 Å². The lowest BCUT2D eigenvalue weighted by molar-refractivity contribution is 0.0526. The molecular weight excluding hydrogens is 332 g/mol. The van der Waals surface area contributed by atoms with E-state index in [1.54, 1.807) is 11.1 Å². The highest BCUT2D eigenvalue weighted by molar-refractivity contribution is 5.89. The van der Waals surface area contributed by atoms with Gasteiger partial charge in [0.05, 0.1) is 12.2 Å². The van der Waals surface area contributed by atoms with E-state index in [1.165, 1.54) is 41.5 Å². The van der Waals surface area contributed by atoms with Crippen LogP contribution in [0.4, 0.5) is 0 Å². The smallest absolute Gasteiger partial charge is 0.338 e. The Morgan fingerprint density at radius 3 is 2.30 bits per heavy atom. The Morgan fingerprint density at radius 2 is 1.63 bits per heavy atom. The summed E-state index contributed by atoms with van der Waals surface area (Å²) >= 11 is 0. The molecule has 2 bridgehead atoms. The minimum absolute atomic E-state index is 0.250. The van der Waals surface area contributed by atoms with E-state index >= 15 is 0 Å². The maximum absolute atomic E-state index is 11.8. The van der Waals surface area contributed by atoms with Crippen LogP contribution in [0.5, 0.6) is 0 Å². The van der Waals surface area contributed by atoms with Crippen molar-refractivity contribution in [2.45, 2.75) is 58.3 Å². The van der Waals surface area contributed by atoms with Crippen molar-refractivity contribution in [1.82, 2.24) is 0 Å². The van der Waals surface area contributed by atoms with E-state index in [4.69, 9.17) is 4.74 Å². The molecular formula is C25H28O2. The van der Waals surface area contributed by atoms with Crippen molar-refractivity contribution in [2.24, 2.45) is 0 Å². The van der Waals surface area contributed by atoms with Gasteiger partial charge in [-0.2, -0.15) is 0 Å². The first-order valence-electron chi connectivity index (χ1n) is 10.1. The zero-order valence-corrected chi connectivity index (χ0v) is 16.5. The van der Waals surface area contributed by atoms with Gasteiger partial charge >= 0.3 is 5.97 Å². The number of esters is 1. The Kier molecular flexibility index (Phi) is 4.90. The molecule has 0 N–H and O–H groups in total. The lowest BCUT2D eigenvalue weighted by Gasteiger charge is -2.18. The van der Waals surface area contributed by atoms with Gasteiger partial charge in [0.2, 0.25) is 0 Å². The molecule has 0 saturated heterocycles. The van der Waals surface area contributed by atoms with Crippen LogP contribution in [0.3, 0.4) is 0 Å². The molecule has 0 amide bonds. The quantitative estimate of drug-likeness (QED) is 0.588. The third-order valence-electron chi connectivity index (χ3n) is 6.20. The van der Waals surface area contributed by atoms with E-state index in [-0.39, 0.29) is 5.97 Å². The number of carbonyl (C=O) groups excluding carboxylic acids is 1. The third kappa shape index (κ3) is 3.45. The number of benzene rings is 2. The highest BCUT2D eigenvalue weighted by atomic mass is 16.5.